The van der Waals surface area contributed by atoms with E-state index in [9.17, 15) is 19.0 Å². The summed E-state index contributed by atoms with van der Waals surface area (Å²) in [6, 6.07) is 0. The second kappa shape index (κ2) is 32.4. The van der Waals surface area contributed by atoms with Gasteiger partial charge in [0.1, 0.15) is 6.61 Å². The number of esters is 2. The van der Waals surface area contributed by atoms with Gasteiger partial charge in [0.05, 0.1) is 13.2 Å². The number of carbonyl (C=O) groups is 2. The first-order valence-corrected chi connectivity index (χ1v) is 19.3. The summed E-state index contributed by atoms with van der Waals surface area (Å²) < 4.78 is 32.5. The van der Waals surface area contributed by atoms with Gasteiger partial charge in [0, 0.05) is 19.4 Å². The predicted octanol–water partition coefficient (Wildman–Crippen LogP) is 9.27. The fraction of sp³-hybridized carbons (Fsp3) is 0.829. The van der Waals surface area contributed by atoms with Crippen LogP contribution in [0.3, 0.4) is 0 Å². The van der Waals surface area contributed by atoms with E-state index < -0.39 is 26.5 Å². The number of phosphoric acid groups is 1. The smallest absolute Gasteiger partial charge is 0.462 e. The van der Waals surface area contributed by atoms with Crippen LogP contribution in [0.15, 0.2) is 24.3 Å². The molecule has 0 aromatic heterocycles. The summed E-state index contributed by atoms with van der Waals surface area (Å²) in [4.78, 5) is 34.5. The van der Waals surface area contributed by atoms with Crippen LogP contribution < -0.4 is 5.73 Å². The van der Waals surface area contributed by atoms with Crippen LogP contribution >= 0.6 is 7.82 Å². The Morgan fingerprint density at radius 3 is 1.73 bits per heavy atom. The van der Waals surface area contributed by atoms with E-state index >= 15 is 0 Å². The molecular weight excluding hydrogens is 593 g/mol. The van der Waals surface area contributed by atoms with E-state index in [1.807, 2.05) is 0 Å². The van der Waals surface area contributed by atoms with E-state index in [1.54, 1.807) is 0 Å². The van der Waals surface area contributed by atoms with Crippen LogP contribution in [0, 0.1) is 0 Å². The van der Waals surface area contributed by atoms with Crippen LogP contribution in [0.5, 0.6) is 0 Å². The van der Waals surface area contributed by atoms with Crippen molar-refractivity contribution in [2.75, 3.05) is 26.4 Å². The normalized spacial score (nSPS) is 13.8. The SMILES string of the molecule is CCCCC/C=C\C/C=C\CCCCCCCC(=O)OC(COC(=O)CCCCCCCCCCC)COP(=O)(O)OCCN. The second-order valence-electron chi connectivity index (χ2n) is 11.7. The molecule has 0 aliphatic carbocycles. The monoisotopic (exact) mass is 659 g/mol. The minimum Gasteiger partial charge on any atom is -0.462 e. The van der Waals surface area contributed by atoms with Crippen LogP contribution in [0.1, 0.15) is 155 Å². The van der Waals surface area contributed by atoms with Crippen molar-refractivity contribution in [3.05, 3.63) is 24.3 Å². The molecule has 45 heavy (non-hydrogen) atoms. The highest BCUT2D eigenvalue weighted by atomic mass is 31.2. The Morgan fingerprint density at radius 2 is 1.16 bits per heavy atom. The van der Waals surface area contributed by atoms with Gasteiger partial charge in [-0.2, -0.15) is 0 Å². The molecule has 0 heterocycles. The maximum Gasteiger partial charge on any atom is 0.472 e. The highest BCUT2D eigenvalue weighted by molar-refractivity contribution is 7.47. The molecule has 264 valence electrons. The van der Waals surface area contributed by atoms with Crippen LogP contribution in [-0.4, -0.2) is 49.3 Å². The van der Waals surface area contributed by atoms with Gasteiger partial charge in [-0.1, -0.05) is 122 Å². The Bertz CT molecular complexity index is 805. The Hall–Kier alpha value is -1.51. The third-order valence-electron chi connectivity index (χ3n) is 7.34. The van der Waals surface area contributed by atoms with E-state index in [-0.39, 0.29) is 38.6 Å². The zero-order valence-corrected chi connectivity index (χ0v) is 29.5. The Morgan fingerprint density at radius 1 is 0.667 bits per heavy atom. The van der Waals surface area contributed by atoms with Crippen molar-refractivity contribution in [3.63, 3.8) is 0 Å². The average Bonchev–Trinajstić information content (AvgIpc) is 3.02. The van der Waals surface area contributed by atoms with Crippen LogP contribution in [0.25, 0.3) is 0 Å². The lowest BCUT2D eigenvalue weighted by molar-refractivity contribution is -0.161. The van der Waals surface area contributed by atoms with Crippen molar-refractivity contribution in [1.29, 1.82) is 0 Å². The van der Waals surface area contributed by atoms with Crippen molar-refractivity contribution in [3.8, 4) is 0 Å². The van der Waals surface area contributed by atoms with Gasteiger partial charge in [0.2, 0.25) is 0 Å². The summed E-state index contributed by atoms with van der Waals surface area (Å²) in [6.07, 6.45) is 30.7. The zero-order chi connectivity index (χ0) is 33.3. The molecule has 0 spiro atoms. The van der Waals surface area contributed by atoms with Crippen molar-refractivity contribution in [1.82, 2.24) is 0 Å². The Labute approximate surface area is 274 Å². The van der Waals surface area contributed by atoms with Gasteiger partial charge < -0.3 is 20.1 Å². The minimum atomic E-state index is -4.37. The highest BCUT2D eigenvalue weighted by Gasteiger charge is 2.25. The lowest BCUT2D eigenvalue weighted by Gasteiger charge is -2.19. The summed E-state index contributed by atoms with van der Waals surface area (Å²) in [5, 5.41) is 0. The first-order chi connectivity index (χ1) is 21.8. The van der Waals surface area contributed by atoms with Crippen LogP contribution in [0.2, 0.25) is 0 Å². The number of allylic oxidation sites excluding steroid dienone is 4. The quantitative estimate of drug-likeness (QED) is 0.0306. The average molecular weight is 660 g/mol. The number of hydrogen-bond acceptors (Lipinski definition) is 8. The van der Waals surface area contributed by atoms with Crippen molar-refractivity contribution in [2.24, 2.45) is 5.73 Å². The van der Waals surface area contributed by atoms with Crippen LogP contribution in [0.4, 0.5) is 0 Å². The van der Waals surface area contributed by atoms with Gasteiger partial charge in [0.25, 0.3) is 0 Å². The number of hydrogen-bond donors (Lipinski definition) is 2. The molecule has 9 nitrogen and oxygen atoms in total. The number of unbranched alkanes of at least 4 members (excludes halogenated alkanes) is 16. The lowest BCUT2D eigenvalue weighted by atomic mass is 10.1. The van der Waals surface area contributed by atoms with Crippen molar-refractivity contribution in [2.45, 2.75) is 161 Å². The highest BCUT2D eigenvalue weighted by Crippen LogP contribution is 2.43. The van der Waals surface area contributed by atoms with Crippen molar-refractivity contribution >= 4 is 19.8 Å². The molecule has 0 aromatic carbocycles. The maximum absolute atomic E-state index is 12.5. The number of ether oxygens (including phenoxy) is 2. The van der Waals surface area contributed by atoms with Crippen LogP contribution in [-0.2, 0) is 32.7 Å². The molecule has 0 aliphatic heterocycles. The Kier molecular flexibility index (Phi) is 31.3. The summed E-state index contributed by atoms with van der Waals surface area (Å²) in [5.74, 6) is -0.848. The number of rotatable bonds is 33. The van der Waals surface area contributed by atoms with Gasteiger partial charge in [-0.3, -0.25) is 18.6 Å². The van der Waals surface area contributed by atoms with Gasteiger partial charge in [-0.05, 0) is 44.9 Å². The maximum atomic E-state index is 12.5. The zero-order valence-electron chi connectivity index (χ0n) is 28.6. The first-order valence-electron chi connectivity index (χ1n) is 17.8. The van der Waals surface area contributed by atoms with Gasteiger partial charge in [-0.25, -0.2) is 4.57 Å². The predicted molar refractivity (Wildman–Crippen MR) is 183 cm³/mol. The summed E-state index contributed by atoms with van der Waals surface area (Å²) in [5.41, 5.74) is 5.31. The minimum absolute atomic E-state index is 0.0519. The van der Waals surface area contributed by atoms with E-state index in [1.165, 1.54) is 64.2 Å². The number of nitrogens with two attached hydrogens (primary N) is 1. The fourth-order valence-corrected chi connectivity index (χ4v) is 5.43. The summed E-state index contributed by atoms with van der Waals surface area (Å²) in [7, 11) is -4.37. The number of carbonyl (C=O) groups excluding carboxylic acids is 2. The molecular formula is C35H66NO8P. The molecule has 2 atom stereocenters. The summed E-state index contributed by atoms with van der Waals surface area (Å²) in [6.45, 7) is 3.65. The van der Waals surface area contributed by atoms with Gasteiger partial charge >= 0.3 is 19.8 Å². The van der Waals surface area contributed by atoms with Crippen molar-refractivity contribution < 1.29 is 37.6 Å². The molecule has 0 radical (unpaired) electrons. The second-order valence-corrected chi connectivity index (χ2v) is 13.2. The van der Waals surface area contributed by atoms with E-state index in [0.717, 1.165) is 57.8 Å². The molecule has 0 rings (SSSR count). The standard InChI is InChI=1S/C35H66NO8P/c1-3-5-7-9-11-13-14-15-16-17-18-20-22-24-26-28-35(38)44-33(32-43-45(39,40)42-30-29-36)31-41-34(37)27-25-23-21-19-12-10-8-6-4-2/h11,13,15-16,33H,3-10,12,14,17-32,36H2,1-2H3,(H,39,40)/b13-11-,16-15-. The lowest BCUT2D eigenvalue weighted by Crippen LogP contribution is -2.29. The van der Waals surface area contributed by atoms with Gasteiger partial charge in [0.15, 0.2) is 6.10 Å². The molecule has 0 fully saturated rings. The molecule has 0 amide bonds. The molecule has 10 heteroatoms. The van der Waals surface area contributed by atoms with Gasteiger partial charge in [-0.15, -0.1) is 0 Å². The molecule has 0 saturated carbocycles. The third-order valence-corrected chi connectivity index (χ3v) is 8.32. The largest absolute Gasteiger partial charge is 0.472 e. The molecule has 0 saturated heterocycles. The number of phosphoric ester groups is 1. The molecule has 0 aliphatic rings. The van der Waals surface area contributed by atoms with E-state index in [0.29, 0.717) is 6.42 Å². The topological polar surface area (TPSA) is 134 Å². The molecule has 0 aromatic rings. The van der Waals surface area contributed by atoms with E-state index in [4.69, 9.17) is 24.3 Å². The molecule has 3 N–H and O–H groups in total. The Balaban J connectivity index is 4.27. The fourth-order valence-electron chi connectivity index (χ4n) is 4.66. The van der Waals surface area contributed by atoms with E-state index in [2.05, 4.69) is 38.2 Å². The molecule has 2 unspecified atom stereocenters. The third kappa shape index (κ3) is 32.2. The molecule has 0 bridgehead atoms. The summed E-state index contributed by atoms with van der Waals surface area (Å²) >= 11 is 0. The first kappa shape index (κ1) is 43.5.